The van der Waals surface area contributed by atoms with Crippen molar-refractivity contribution in [2.24, 2.45) is 5.73 Å². The molecule has 0 bridgehead atoms. The second-order valence-electron chi connectivity index (χ2n) is 5.12. The highest BCUT2D eigenvalue weighted by Gasteiger charge is 2.46. The van der Waals surface area contributed by atoms with Gasteiger partial charge in [0, 0.05) is 25.1 Å². The lowest BCUT2D eigenvalue weighted by atomic mass is 9.94. The van der Waals surface area contributed by atoms with Gasteiger partial charge in [-0.1, -0.05) is 12.1 Å². The van der Waals surface area contributed by atoms with Gasteiger partial charge in [-0.05, 0) is 17.7 Å². The Kier molecular flexibility index (Phi) is 3.16. The summed E-state index contributed by atoms with van der Waals surface area (Å²) in [5.41, 5.74) is 7.13. The summed E-state index contributed by atoms with van der Waals surface area (Å²) in [5.74, 6) is 0. The van der Waals surface area contributed by atoms with Gasteiger partial charge >= 0.3 is 6.09 Å². The third-order valence-electron chi connectivity index (χ3n) is 3.86. The molecule has 3 rings (SSSR count). The van der Waals surface area contributed by atoms with E-state index >= 15 is 0 Å². The first-order valence-corrected chi connectivity index (χ1v) is 6.60. The van der Waals surface area contributed by atoms with Gasteiger partial charge in [-0.15, -0.1) is 0 Å². The summed E-state index contributed by atoms with van der Waals surface area (Å²) in [4.78, 5) is 13.7. The number of hydrogen-bond acceptors (Lipinski definition) is 4. The van der Waals surface area contributed by atoms with E-state index in [4.69, 9.17) is 15.2 Å². The number of nitrogens with zero attached hydrogens (tertiary/aromatic N) is 1. The standard InChI is InChI=1S/C14H18N2O3/c15-9-11-1-3-12(4-2-11)16-10-14(19-13(16)17)5-7-18-8-6-14/h1-4H,5-10,15H2. The van der Waals surface area contributed by atoms with Crippen molar-refractivity contribution >= 4 is 11.8 Å². The van der Waals surface area contributed by atoms with Gasteiger partial charge < -0.3 is 15.2 Å². The van der Waals surface area contributed by atoms with Crippen LogP contribution in [0.3, 0.4) is 0 Å². The molecule has 0 aliphatic carbocycles. The third-order valence-corrected chi connectivity index (χ3v) is 3.86. The molecule has 2 aliphatic heterocycles. The Morgan fingerprint density at radius 2 is 1.89 bits per heavy atom. The number of benzene rings is 1. The van der Waals surface area contributed by atoms with Crippen LogP contribution in [0.5, 0.6) is 0 Å². The quantitative estimate of drug-likeness (QED) is 0.880. The van der Waals surface area contributed by atoms with Gasteiger partial charge in [-0.2, -0.15) is 0 Å². The van der Waals surface area contributed by atoms with Gasteiger partial charge in [0.15, 0.2) is 0 Å². The first-order chi connectivity index (χ1) is 9.22. The van der Waals surface area contributed by atoms with Crippen LogP contribution in [-0.2, 0) is 16.0 Å². The van der Waals surface area contributed by atoms with Crippen molar-refractivity contribution in [2.75, 3.05) is 24.7 Å². The lowest BCUT2D eigenvalue weighted by Crippen LogP contribution is -2.40. The summed E-state index contributed by atoms with van der Waals surface area (Å²) in [6.45, 7) is 2.43. The minimum atomic E-state index is -0.359. The van der Waals surface area contributed by atoms with E-state index in [1.165, 1.54) is 0 Å². The summed E-state index contributed by atoms with van der Waals surface area (Å²) in [5, 5.41) is 0. The van der Waals surface area contributed by atoms with Crippen LogP contribution in [0.2, 0.25) is 0 Å². The number of nitrogens with two attached hydrogens (primary N) is 1. The largest absolute Gasteiger partial charge is 0.440 e. The van der Waals surface area contributed by atoms with Crippen LogP contribution >= 0.6 is 0 Å². The van der Waals surface area contributed by atoms with Crippen LogP contribution in [0.15, 0.2) is 24.3 Å². The second kappa shape index (κ2) is 4.83. The molecule has 0 radical (unpaired) electrons. The van der Waals surface area contributed by atoms with E-state index in [-0.39, 0.29) is 11.7 Å². The molecule has 2 saturated heterocycles. The Bertz CT molecular complexity index is 466. The maximum Gasteiger partial charge on any atom is 0.415 e. The van der Waals surface area contributed by atoms with Gasteiger partial charge in [-0.3, -0.25) is 4.90 Å². The van der Waals surface area contributed by atoms with Crippen LogP contribution in [0, 0.1) is 0 Å². The first-order valence-electron chi connectivity index (χ1n) is 6.60. The number of hydrogen-bond donors (Lipinski definition) is 1. The highest BCUT2D eigenvalue weighted by molar-refractivity contribution is 5.90. The normalized spacial score (nSPS) is 21.7. The van der Waals surface area contributed by atoms with Crippen molar-refractivity contribution < 1.29 is 14.3 Å². The molecule has 2 aliphatic rings. The topological polar surface area (TPSA) is 64.8 Å². The smallest absolute Gasteiger partial charge is 0.415 e. The highest BCUT2D eigenvalue weighted by atomic mass is 16.6. The fourth-order valence-electron chi connectivity index (χ4n) is 2.64. The predicted octanol–water partition coefficient (Wildman–Crippen LogP) is 1.65. The molecular weight excluding hydrogens is 244 g/mol. The number of carbonyl (C=O) groups excluding carboxylic acids is 1. The molecule has 2 N–H and O–H groups in total. The Morgan fingerprint density at radius 1 is 1.21 bits per heavy atom. The SMILES string of the molecule is NCc1ccc(N2CC3(CCOCC3)OC2=O)cc1. The van der Waals surface area contributed by atoms with Crippen molar-refractivity contribution in [3.8, 4) is 0 Å². The van der Waals surface area contributed by atoms with Crippen LogP contribution in [0.4, 0.5) is 10.5 Å². The van der Waals surface area contributed by atoms with Crippen molar-refractivity contribution in [2.45, 2.75) is 25.0 Å². The number of ether oxygens (including phenoxy) is 2. The van der Waals surface area contributed by atoms with E-state index in [9.17, 15) is 4.79 Å². The Hall–Kier alpha value is -1.59. The molecule has 1 amide bonds. The molecule has 0 unspecified atom stereocenters. The minimum absolute atomic E-state index is 0.262. The monoisotopic (exact) mass is 262 g/mol. The Morgan fingerprint density at radius 3 is 2.53 bits per heavy atom. The van der Waals surface area contributed by atoms with Crippen molar-refractivity contribution in [1.29, 1.82) is 0 Å². The molecule has 0 aromatic heterocycles. The van der Waals surface area contributed by atoms with Crippen LogP contribution < -0.4 is 10.6 Å². The fraction of sp³-hybridized carbons (Fsp3) is 0.500. The van der Waals surface area contributed by atoms with Crippen LogP contribution in [0.1, 0.15) is 18.4 Å². The highest BCUT2D eigenvalue weighted by Crippen LogP contribution is 2.34. The van der Waals surface area contributed by atoms with Crippen LogP contribution in [-0.4, -0.2) is 31.5 Å². The zero-order chi connectivity index (χ0) is 13.3. The molecule has 19 heavy (non-hydrogen) atoms. The first kappa shape index (κ1) is 12.4. The van der Waals surface area contributed by atoms with Crippen molar-refractivity contribution in [1.82, 2.24) is 0 Å². The van der Waals surface area contributed by atoms with Gasteiger partial charge in [0.25, 0.3) is 0 Å². The molecule has 1 spiro atoms. The molecular formula is C14H18N2O3. The Balaban J connectivity index is 1.79. The van der Waals surface area contributed by atoms with Gasteiger partial charge in [0.05, 0.1) is 19.8 Å². The summed E-state index contributed by atoms with van der Waals surface area (Å²) < 4.78 is 10.9. The summed E-state index contributed by atoms with van der Waals surface area (Å²) in [6, 6.07) is 7.72. The molecule has 1 aromatic rings. The molecule has 0 atom stereocenters. The zero-order valence-electron chi connectivity index (χ0n) is 10.8. The molecule has 1 aromatic carbocycles. The predicted molar refractivity (Wildman–Crippen MR) is 70.9 cm³/mol. The van der Waals surface area contributed by atoms with E-state index in [0.29, 0.717) is 26.3 Å². The molecule has 102 valence electrons. The minimum Gasteiger partial charge on any atom is -0.440 e. The average molecular weight is 262 g/mol. The third kappa shape index (κ3) is 2.31. The summed E-state index contributed by atoms with van der Waals surface area (Å²) in [7, 11) is 0. The number of amides is 1. The number of carbonyl (C=O) groups is 1. The number of rotatable bonds is 2. The zero-order valence-corrected chi connectivity index (χ0v) is 10.8. The summed E-state index contributed by atoms with van der Waals surface area (Å²) in [6.07, 6.45) is 1.29. The second-order valence-corrected chi connectivity index (χ2v) is 5.12. The molecule has 0 saturated carbocycles. The van der Waals surface area contributed by atoms with E-state index in [1.807, 2.05) is 24.3 Å². The van der Waals surface area contributed by atoms with Crippen LogP contribution in [0.25, 0.3) is 0 Å². The van der Waals surface area contributed by atoms with E-state index in [1.54, 1.807) is 4.90 Å². The van der Waals surface area contributed by atoms with Crippen molar-refractivity contribution in [3.05, 3.63) is 29.8 Å². The Labute approximate surface area is 112 Å². The van der Waals surface area contributed by atoms with E-state index in [2.05, 4.69) is 0 Å². The van der Waals surface area contributed by atoms with E-state index in [0.717, 1.165) is 24.1 Å². The van der Waals surface area contributed by atoms with Gasteiger partial charge in [-0.25, -0.2) is 4.79 Å². The van der Waals surface area contributed by atoms with Crippen molar-refractivity contribution in [3.63, 3.8) is 0 Å². The molecule has 5 heteroatoms. The van der Waals surface area contributed by atoms with Gasteiger partial charge in [0.1, 0.15) is 5.60 Å². The van der Waals surface area contributed by atoms with Gasteiger partial charge in [0.2, 0.25) is 0 Å². The maximum atomic E-state index is 12.0. The fourth-order valence-corrected chi connectivity index (χ4v) is 2.64. The molecule has 5 nitrogen and oxygen atoms in total. The molecule has 2 heterocycles. The average Bonchev–Trinajstić information content (AvgIpc) is 2.76. The van der Waals surface area contributed by atoms with E-state index < -0.39 is 0 Å². The molecule has 2 fully saturated rings. The lowest BCUT2D eigenvalue weighted by molar-refractivity contribution is -0.0431. The maximum absolute atomic E-state index is 12.0. The lowest BCUT2D eigenvalue weighted by Gasteiger charge is -2.30. The summed E-state index contributed by atoms with van der Waals surface area (Å²) >= 11 is 0. The number of anilines is 1.